The average Bonchev–Trinajstić information content (AvgIpc) is 3.19. The summed E-state index contributed by atoms with van der Waals surface area (Å²) in [5.74, 6) is -0.680. The van der Waals surface area contributed by atoms with Gasteiger partial charge in [0.25, 0.3) is 5.91 Å². The largest absolute Gasteiger partial charge is 0.478 e. The van der Waals surface area contributed by atoms with Crippen LogP contribution in [0.1, 0.15) is 49.5 Å². The third-order valence-electron chi connectivity index (χ3n) is 5.19. The number of hydrazine groups is 1. The van der Waals surface area contributed by atoms with Crippen LogP contribution in [0, 0.1) is 5.92 Å². The normalized spacial score (nSPS) is 23.8. The van der Waals surface area contributed by atoms with Crippen molar-refractivity contribution in [1.82, 2.24) is 16.2 Å². The van der Waals surface area contributed by atoms with Crippen molar-refractivity contribution in [3.05, 3.63) is 70.3 Å². The predicted molar refractivity (Wildman–Crippen MR) is 92.2 cm³/mol. The number of amides is 1. The molecule has 1 saturated heterocycles. The summed E-state index contributed by atoms with van der Waals surface area (Å²) in [4.78, 5) is 22.9. The molecule has 1 fully saturated rings. The number of fused-ring (bicyclic) bond motifs is 3. The molecule has 2 aliphatic rings. The Bertz CT molecular complexity index is 847. The van der Waals surface area contributed by atoms with Gasteiger partial charge in [0.2, 0.25) is 0 Å². The standard InChI is InChI=1S/C19H19N3O3/c1-20-18(23)13-7-6-12-8-15-16(21-22-17(15)14(12)9-13)10-2-4-11(5-3-10)19(24)25/h2-7,9,15-17,21-22H,8H2,1H3,(H,20,23)(H,24,25). The number of carbonyl (C=O) groups is 2. The van der Waals surface area contributed by atoms with E-state index in [1.54, 1.807) is 19.2 Å². The summed E-state index contributed by atoms with van der Waals surface area (Å²) in [6.45, 7) is 0. The molecular formula is C19H19N3O3. The highest BCUT2D eigenvalue weighted by molar-refractivity contribution is 5.94. The van der Waals surface area contributed by atoms with Crippen molar-refractivity contribution in [2.45, 2.75) is 18.5 Å². The van der Waals surface area contributed by atoms with Gasteiger partial charge in [-0.25, -0.2) is 15.6 Å². The molecule has 128 valence electrons. The highest BCUT2D eigenvalue weighted by Crippen LogP contribution is 2.46. The zero-order chi connectivity index (χ0) is 17.6. The van der Waals surface area contributed by atoms with Crippen LogP contribution in [-0.2, 0) is 6.42 Å². The molecule has 0 saturated carbocycles. The molecule has 2 aromatic rings. The van der Waals surface area contributed by atoms with Gasteiger partial charge in [0.15, 0.2) is 0 Å². The molecule has 1 aliphatic heterocycles. The van der Waals surface area contributed by atoms with E-state index < -0.39 is 5.97 Å². The van der Waals surface area contributed by atoms with Crippen LogP contribution in [0.4, 0.5) is 0 Å². The Balaban J connectivity index is 1.60. The molecule has 25 heavy (non-hydrogen) atoms. The number of carboxylic acid groups (broad SMARTS) is 1. The van der Waals surface area contributed by atoms with Gasteiger partial charge in [0.1, 0.15) is 0 Å². The highest BCUT2D eigenvalue weighted by atomic mass is 16.4. The van der Waals surface area contributed by atoms with E-state index in [4.69, 9.17) is 5.11 Å². The Morgan fingerprint density at radius 2 is 1.72 bits per heavy atom. The fourth-order valence-electron chi connectivity index (χ4n) is 3.90. The maximum absolute atomic E-state index is 11.9. The Labute approximate surface area is 145 Å². The van der Waals surface area contributed by atoms with Crippen LogP contribution < -0.4 is 16.2 Å². The lowest BCUT2D eigenvalue weighted by Crippen LogP contribution is -2.27. The molecule has 4 rings (SSSR count). The molecule has 0 spiro atoms. The smallest absolute Gasteiger partial charge is 0.335 e. The van der Waals surface area contributed by atoms with Gasteiger partial charge in [0, 0.05) is 18.5 Å². The first-order chi connectivity index (χ1) is 12.1. The zero-order valence-electron chi connectivity index (χ0n) is 13.7. The first-order valence-electron chi connectivity index (χ1n) is 8.27. The molecule has 6 heteroatoms. The summed E-state index contributed by atoms with van der Waals surface area (Å²) in [5, 5.41) is 11.7. The van der Waals surface area contributed by atoms with E-state index in [1.807, 2.05) is 30.3 Å². The van der Waals surface area contributed by atoms with Crippen LogP contribution in [0.15, 0.2) is 42.5 Å². The van der Waals surface area contributed by atoms with Gasteiger partial charge in [-0.15, -0.1) is 0 Å². The van der Waals surface area contributed by atoms with E-state index in [0.717, 1.165) is 17.5 Å². The van der Waals surface area contributed by atoms with E-state index in [1.165, 1.54) is 5.56 Å². The lowest BCUT2D eigenvalue weighted by Gasteiger charge is -2.17. The van der Waals surface area contributed by atoms with Crippen LogP contribution in [0.3, 0.4) is 0 Å². The van der Waals surface area contributed by atoms with E-state index in [-0.39, 0.29) is 23.6 Å². The number of carboxylic acids is 1. The zero-order valence-corrected chi connectivity index (χ0v) is 13.7. The van der Waals surface area contributed by atoms with Gasteiger partial charge in [-0.2, -0.15) is 0 Å². The fourth-order valence-corrected chi connectivity index (χ4v) is 3.90. The molecule has 0 radical (unpaired) electrons. The van der Waals surface area contributed by atoms with Crippen molar-refractivity contribution in [3.63, 3.8) is 0 Å². The summed E-state index contributed by atoms with van der Waals surface area (Å²) in [6.07, 6.45) is 0.916. The molecule has 0 aromatic heterocycles. The van der Waals surface area contributed by atoms with E-state index in [2.05, 4.69) is 16.2 Å². The number of rotatable bonds is 3. The quantitative estimate of drug-likeness (QED) is 0.686. The summed E-state index contributed by atoms with van der Waals surface area (Å²) >= 11 is 0. The fraction of sp³-hybridized carbons (Fsp3) is 0.263. The maximum atomic E-state index is 11.9. The van der Waals surface area contributed by atoms with Crippen molar-refractivity contribution in [1.29, 1.82) is 0 Å². The SMILES string of the molecule is CNC(=O)c1ccc2c(c1)C1NNC(c3ccc(C(=O)O)cc3)C1C2. The lowest BCUT2D eigenvalue weighted by atomic mass is 9.90. The average molecular weight is 337 g/mol. The summed E-state index contributed by atoms with van der Waals surface area (Å²) < 4.78 is 0. The number of hydrogen-bond acceptors (Lipinski definition) is 4. The Morgan fingerprint density at radius 1 is 1.04 bits per heavy atom. The molecule has 3 unspecified atom stereocenters. The van der Waals surface area contributed by atoms with E-state index >= 15 is 0 Å². The molecule has 0 bridgehead atoms. The third kappa shape index (κ3) is 2.59. The van der Waals surface area contributed by atoms with Crippen LogP contribution in [-0.4, -0.2) is 24.0 Å². The lowest BCUT2D eigenvalue weighted by molar-refractivity contribution is 0.0696. The molecule has 3 atom stereocenters. The minimum Gasteiger partial charge on any atom is -0.478 e. The number of nitrogens with one attached hydrogen (secondary N) is 3. The molecule has 1 aliphatic carbocycles. The minimum atomic E-state index is -0.920. The van der Waals surface area contributed by atoms with Crippen LogP contribution in [0.5, 0.6) is 0 Å². The third-order valence-corrected chi connectivity index (χ3v) is 5.19. The second-order valence-corrected chi connectivity index (χ2v) is 6.53. The Kier molecular flexibility index (Phi) is 3.78. The van der Waals surface area contributed by atoms with Crippen molar-refractivity contribution >= 4 is 11.9 Å². The highest BCUT2D eigenvalue weighted by Gasteiger charge is 2.43. The van der Waals surface area contributed by atoms with Gasteiger partial charge < -0.3 is 10.4 Å². The van der Waals surface area contributed by atoms with Crippen LogP contribution >= 0.6 is 0 Å². The molecular weight excluding hydrogens is 318 g/mol. The Hall–Kier alpha value is -2.70. The van der Waals surface area contributed by atoms with Crippen molar-refractivity contribution in [2.24, 2.45) is 5.92 Å². The van der Waals surface area contributed by atoms with Crippen molar-refractivity contribution < 1.29 is 14.7 Å². The number of aromatic carboxylic acids is 1. The summed E-state index contributed by atoms with van der Waals surface area (Å²) in [5.41, 5.74) is 11.1. The van der Waals surface area contributed by atoms with Gasteiger partial charge in [-0.3, -0.25) is 4.79 Å². The number of hydrogen-bond donors (Lipinski definition) is 4. The first-order valence-corrected chi connectivity index (χ1v) is 8.27. The van der Waals surface area contributed by atoms with Gasteiger partial charge in [-0.1, -0.05) is 18.2 Å². The Morgan fingerprint density at radius 3 is 2.40 bits per heavy atom. The maximum Gasteiger partial charge on any atom is 0.335 e. The molecule has 1 heterocycles. The van der Waals surface area contributed by atoms with E-state index in [9.17, 15) is 9.59 Å². The first kappa shape index (κ1) is 15.8. The summed E-state index contributed by atoms with van der Waals surface area (Å²) in [6, 6.07) is 13.1. The molecule has 2 aromatic carbocycles. The number of benzene rings is 2. The van der Waals surface area contributed by atoms with Gasteiger partial charge in [0.05, 0.1) is 17.6 Å². The van der Waals surface area contributed by atoms with Crippen LogP contribution in [0.25, 0.3) is 0 Å². The molecule has 1 amide bonds. The van der Waals surface area contributed by atoms with Gasteiger partial charge >= 0.3 is 5.97 Å². The summed E-state index contributed by atoms with van der Waals surface area (Å²) in [7, 11) is 1.63. The van der Waals surface area contributed by atoms with Gasteiger partial charge in [-0.05, 0) is 47.4 Å². The van der Waals surface area contributed by atoms with Crippen molar-refractivity contribution in [3.8, 4) is 0 Å². The second kappa shape index (κ2) is 5.98. The predicted octanol–water partition coefficient (Wildman–Crippen LogP) is 1.81. The number of carbonyl (C=O) groups excluding carboxylic acids is 1. The topological polar surface area (TPSA) is 90.5 Å². The molecule has 4 N–H and O–H groups in total. The van der Waals surface area contributed by atoms with Crippen molar-refractivity contribution in [2.75, 3.05) is 7.05 Å². The monoisotopic (exact) mass is 337 g/mol. The van der Waals surface area contributed by atoms with E-state index in [0.29, 0.717) is 11.5 Å². The second-order valence-electron chi connectivity index (χ2n) is 6.53. The van der Waals surface area contributed by atoms with Crippen LogP contribution in [0.2, 0.25) is 0 Å². The minimum absolute atomic E-state index is 0.0852. The molecule has 6 nitrogen and oxygen atoms in total.